The first kappa shape index (κ1) is 22.5. The average Bonchev–Trinajstić information content (AvgIpc) is 3.50. The molecular formula is C22H29IN4O3. The van der Waals surface area contributed by atoms with E-state index in [1.54, 1.807) is 11.2 Å². The Morgan fingerprint density at radius 2 is 1.97 bits per heavy atom. The van der Waals surface area contributed by atoms with Crippen LogP contribution < -0.4 is 15.5 Å². The van der Waals surface area contributed by atoms with Crippen molar-refractivity contribution in [1.82, 2.24) is 10.6 Å². The van der Waals surface area contributed by atoms with Crippen molar-refractivity contribution in [3.05, 3.63) is 54.0 Å². The monoisotopic (exact) mass is 524 g/mol. The molecule has 2 aromatic rings. The van der Waals surface area contributed by atoms with E-state index in [1.807, 2.05) is 36.4 Å². The summed E-state index contributed by atoms with van der Waals surface area (Å²) in [6.07, 6.45) is 7.18. The molecule has 0 atom stereocenters. The van der Waals surface area contributed by atoms with Crippen LogP contribution in [0.2, 0.25) is 0 Å². The highest BCUT2D eigenvalue weighted by Gasteiger charge is 2.23. The molecule has 4 rings (SSSR count). The Labute approximate surface area is 194 Å². The van der Waals surface area contributed by atoms with E-state index in [0.717, 1.165) is 35.9 Å². The summed E-state index contributed by atoms with van der Waals surface area (Å²) in [4.78, 5) is 18.1. The first-order valence-electron chi connectivity index (χ1n) is 10.4. The van der Waals surface area contributed by atoms with Gasteiger partial charge in [0.1, 0.15) is 12.4 Å². The number of rotatable bonds is 7. The zero-order valence-electron chi connectivity index (χ0n) is 17.0. The minimum absolute atomic E-state index is 0. The number of nitrogens with one attached hydrogen (secondary N) is 2. The summed E-state index contributed by atoms with van der Waals surface area (Å²) in [5.41, 5.74) is 1.96. The van der Waals surface area contributed by atoms with Crippen LogP contribution in [0.25, 0.3) is 0 Å². The predicted octanol–water partition coefficient (Wildman–Crippen LogP) is 4.07. The van der Waals surface area contributed by atoms with Gasteiger partial charge in [-0.2, -0.15) is 0 Å². The van der Waals surface area contributed by atoms with Crippen molar-refractivity contribution in [2.75, 3.05) is 24.6 Å². The lowest BCUT2D eigenvalue weighted by atomic mass is 10.2. The number of hydrogen-bond donors (Lipinski definition) is 2. The normalized spacial score (nSPS) is 17.0. The van der Waals surface area contributed by atoms with E-state index in [4.69, 9.17) is 14.1 Å². The molecule has 2 fully saturated rings. The van der Waals surface area contributed by atoms with Gasteiger partial charge in [-0.3, -0.25) is 4.90 Å². The van der Waals surface area contributed by atoms with Gasteiger partial charge in [-0.25, -0.2) is 9.79 Å². The molecular weight excluding hydrogens is 495 g/mol. The van der Waals surface area contributed by atoms with E-state index < -0.39 is 0 Å². The maximum Gasteiger partial charge on any atom is 0.414 e. The van der Waals surface area contributed by atoms with Crippen LogP contribution in [0.15, 0.2) is 52.1 Å². The summed E-state index contributed by atoms with van der Waals surface area (Å²) in [7, 11) is 0. The van der Waals surface area contributed by atoms with Gasteiger partial charge in [0, 0.05) is 24.7 Å². The lowest BCUT2D eigenvalue weighted by Crippen LogP contribution is -2.43. The Bertz CT molecular complexity index is 817. The second-order valence-corrected chi connectivity index (χ2v) is 7.48. The highest BCUT2D eigenvalue weighted by molar-refractivity contribution is 14.0. The van der Waals surface area contributed by atoms with E-state index in [-0.39, 0.29) is 30.1 Å². The summed E-state index contributed by atoms with van der Waals surface area (Å²) in [6, 6.07) is 12.3. The molecule has 2 aliphatic rings. The van der Waals surface area contributed by atoms with E-state index >= 15 is 0 Å². The quantitative estimate of drug-likeness (QED) is 0.325. The topological polar surface area (TPSA) is 79.1 Å². The molecule has 2 heterocycles. The lowest BCUT2D eigenvalue weighted by molar-refractivity contribution is 0.181. The number of anilines is 1. The Morgan fingerprint density at radius 3 is 2.63 bits per heavy atom. The standard InChI is InChI=1S/C22H28N4O3.HI/c27-22-26(13-15-29-22)19-9-7-17(8-10-19)16-24-21(25-18-4-1-2-5-18)23-12-11-20-6-3-14-28-20;/h3,6-10,14,18H,1-2,4-5,11-13,15-16H2,(H2,23,24,25);1H. The summed E-state index contributed by atoms with van der Waals surface area (Å²) < 4.78 is 10.4. The molecule has 1 saturated carbocycles. The lowest BCUT2D eigenvalue weighted by Gasteiger charge is -2.17. The summed E-state index contributed by atoms with van der Waals surface area (Å²) in [5, 5.41) is 6.99. The second kappa shape index (κ2) is 11.2. The molecule has 162 valence electrons. The van der Waals surface area contributed by atoms with Crippen molar-refractivity contribution in [3.63, 3.8) is 0 Å². The van der Waals surface area contributed by atoms with Gasteiger partial charge in [-0.1, -0.05) is 25.0 Å². The van der Waals surface area contributed by atoms with Crippen LogP contribution in [-0.2, 0) is 17.7 Å². The van der Waals surface area contributed by atoms with Crippen LogP contribution in [0.4, 0.5) is 10.5 Å². The highest BCUT2D eigenvalue weighted by atomic mass is 127. The second-order valence-electron chi connectivity index (χ2n) is 7.48. The van der Waals surface area contributed by atoms with Crippen LogP contribution >= 0.6 is 24.0 Å². The van der Waals surface area contributed by atoms with Crippen molar-refractivity contribution in [2.24, 2.45) is 4.99 Å². The Kier molecular flexibility index (Phi) is 8.41. The maximum atomic E-state index is 11.7. The number of furan rings is 1. The van der Waals surface area contributed by atoms with Gasteiger partial charge in [0.25, 0.3) is 0 Å². The number of halogens is 1. The molecule has 0 bridgehead atoms. The van der Waals surface area contributed by atoms with Gasteiger partial charge in [-0.15, -0.1) is 24.0 Å². The number of cyclic esters (lactones) is 1. The molecule has 1 aliphatic carbocycles. The van der Waals surface area contributed by atoms with Crippen LogP contribution in [0.1, 0.15) is 37.0 Å². The van der Waals surface area contributed by atoms with Gasteiger partial charge in [0.15, 0.2) is 5.96 Å². The van der Waals surface area contributed by atoms with Crippen molar-refractivity contribution >= 4 is 41.7 Å². The molecule has 8 heteroatoms. The van der Waals surface area contributed by atoms with Crippen molar-refractivity contribution in [1.29, 1.82) is 0 Å². The number of aliphatic imine (C=N–C) groups is 1. The molecule has 30 heavy (non-hydrogen) atoms. The number of carbonyl (C=O) groups is 1. The van der Waals surface area contributed by atoms with Gasteiger partial charge in [0.2, 0.25) is 0 Å². The Balaban J connectivity index is 0.00000256. The minimum Gasteiger partial charge on any atom is -0.469 e. The molecule has 1 amide bonds. The zero-order chi connectivity index (χ0) is 19.9. The maximum absolute atomic E-state index is 11.7. The van der Waals surface area contributed by atoms with E-state index in [9.17, 15) is 4.79 Å². The van der Waals surface area contributed by atoms with Gasteiger partial charge in [-0.05, 0) is 42.7 Å². The number of nitrogens with zero attached hydrogens (tertiary/aromatic N) is 2. The molecule has 2 N–H and O–H groups in total. The number of benzene rings is 1. The number of hydrogen-bond acceptors (Lipinski definition) is 4. The fraction of sp³-hybridized carbons (Fsp3) is 0.455. The SMILES string of the molecule is I.O=C1OCCN1c1ccc(CN=C(NCCc2ccco2)NC2CCCC2)cc1. The molecule has 0 spiro atoms. The predicted molar refractivity (Wildman–Crippen MR) is 127 cm³/mol. The molecule has 1 aliphatic heterocycles. The summed E-state index contributed by atoms with van der Waals surface area (Å²) in [6.45, 7) is 2.39. The smallest absolute Gasteiger partial charge is 0.414 e. The third kappa shape index (κ3) is 6.13. The van der Waals surface area contributed by atoms with Crippen LogP contribution in [0.5, 0.6) is 0 Å². The largest absolute Gasteiger partial charge is 0.469 e. The molecule has 1 aromatic heterocycles. The fourth-order valence-corrected chi connectivity index (χ4v) is 3.75. The van der Waals surface area contributed by atoms with Crippen LogP contribution in [-0.4, -0.2) is 37.8 Å². The minimum atomic E-state index is -0.278. The molecule has 0 unspecified atom stereocenters. The van der Waals surface area contributed by atoms with Crippen molar-refractivity contribution in [3.8, 4) is 0 Å². The van der Waals surface area contributed by atoms with E-state index in [0.29, 0.717) is 25.7 Å². The number of amides is 1. The van der Waals surface area contributed by atoms with Gasteiger partial charge < -0.3 is 19.8 Å². The van der Waals surface area contributed by atoms with Crippen molar-refractivity contribution in [2.45, 2.75) is 44.7 Å². The fourth-order valence-electron chi connectivity index (χ4n) is 3.75. The molecule has 7 nitrogen and oxygen atoms in total. The van der Waals surface area contributed by atoms with Crippen molar-refractivity contribution < 1.29 is 13.9 Å². The Hall–Kier alpha value is -2.23. The van der Waals surface area contributed by atoms with E-state index in [2.05, 4.69) is 10.6 Å². The first-order valence-corrected chi connectivity index (χ1v) is 10.4. The van der Waals surface area contributed by atoms with Crippen LogP contribution in [0, 0.1) is 0 Å². The number of carbonyl (C=O) groups excluding carboxylic acids is 1. The molecule has 0 radical (unpaired) electrons. The van der Waals surface area contributed by atoms with Gasteiger partial charge in [0.05, 0.1) is 19.4 Å². The average molecular weight is 524 g/mol. The van der Waals surface area contributed by atoms with Gasteiger partial charge >= 0.3 is 6.09 Å². The highest BCUT2D eigenvalue weighted by Crippen LogP contribution is 2.20. The molecule has 1 saturated heterocycles. The third-order valence-electron chi connectivity index (χ3n) is 5.37. The number of ether oxygens (including phenoxy) is 1. The molecule has 1 aromatic carbocycles. The zero-order valence-corrected chi connectivity index (χ0v) is 19.3. The van der Waals surface area contributed by atoms with E-state index in [1.165, 1.54) is 25.7 Å². The summed E-state index contributed by atoms with van der Waals surface area (Å²) in [5.74, 6) is 1.81. The van der Waals surface area contributed by atoms with Crippen LogP contribution in [0.3, 0.4) is 0 Å². The Morgan fingerprint density at radius 1 is 1.17 bits per heavy atom. The summed E-state index contributed by atoms with van der Waals surface area (Å²) >= 11 is 0. The number of guanidine groups is 1. The third-order valence-corrected chi connectivity index (χ3v) is 5.37. The first-order chi connectivity index (χ1) is 14.3.